The van der Waals surface area contributed by atoms with Crippen molar-refractivity contribution in [1.82, 2.24) is 5.32 Å². The third-order valence-electron chi connectivity index (χ3n) is 5.28. The fourth-order valence-corrected chi connectivity index (χ4v) is 4.23. The highest BCUT2D eigenvalue weighted by molar-refractivity contribution is 6.30. The number of oxime groups is 1. The van der Waals surface area contributed by atoms with Crippen LogP contribution in [0, 0.1) is 11.8 Å². The van der Waals surface area contributed by atoms with E-state index in [4.69, 9.17) is 23.2 Å². The maximum atomic E-state index is 9.79. The molecule has 4 atom stereocenters. The summed E-state index contributed by atoms with van der Waals surface area (Å²) in [6, 6.07) is 15.9. The number of hydrogen-bond acceptors (Lipinski definition) is 3. The molecule has 1 saturated heterocycles. The molecule has 1 aliphatic heterocycles. The van der Waals surface area contributed by atoms with Crippen LogP contribution in [0.5, 0.6) is 0 Å². The predicted octanol–water partition coefficient (Wildman–Crippen LogP) is 6.26. The maximum absolute atomic E-state index is 9.79. The van der Waals surface area contributed by atoms with Crippen LogP contribution in [0.4, 0.5) is 0 Å². The molecule has 0 saturated carbocycles. The van der Waals surface area contributed by atoms with Crippen molar-refractivity contribution in [1.29, 1.82) is 0 Å². The van der Waals surface area contributed by atoms with Crippen LogP contribution in [-0.4, -0.2) is 10.9 Å². The first kappa shape index (κ1) is 19.2. The quantitative estimate of drug-likeness (QED) is 0.477. The van der Waals surface area contributed by atoms with E-state index in [1.165, 1.54) is 0 Å². The molecule has 3 nitrogen and oxygen atoms in total. The number of piperidine rings is 1. The summed E-state index contributed by atoms with van der Waals surface area (Å²) in [6.07, 6.45) is 1.98. The minimum atomic E-state index is 0.0481. The lowest BCUT2D eigenvalue weighted by atomic mass is 9.73. The zero-order valence-electron chi connectivity index (χ0n) is 15.0. The normalized spacial score (nSPS) is 27.6. The molecule has 1 heterocycles. The molecule has 0 amide bonds. The Morgan fingerprint density at radius 1 is 0.923 bits per heavy atom. The van der Waals surface area contributed by atoms with Crippen molar-refractivity contribution >= 4 is 28.9 Å². The van der Waals surface area contributed by atoms with Gasteiger partial charge >= 0.3 is 0 Å². The summed E-state index contributed by atoms with van der Waals surface area (Å²) in [5.41, 5.74) is 3.14. The average molecular weight is 391 g/mol. The number of rotatable bonds is 4. The Hall–Kier alpha value is -1.55. The monoisotopic (exact) mass is 390 g/mol. The highest BCUT2D eigenvalue weighted by Gasteiger charge is 2.40. The van der Waals surface area contributed by atoms with Gasteiger partial charge in [-0.15, -0.1) is 0 Å². The van der Waals surface area contributed by atoms with Gasteiger partial charge in [-0.3, -0.25) is 0 Å². The number of nitrogens with one attached hydrogen (secondary N) is 1. The summed E-state index contributed by atoms with van der Waals surface area (Å²) >= 11 is 12.1. The van der Waals surface area contributed by atoms with E-state index in [1.54, 1.807) is 0 Å². The molecule has 0 bridgehead atoms. The minimum absolute atomic E-state index is 0.0481. The number of nitrogens with zero attached hydrogens (tertiary/aromatic N) is 1. The van der Waals surface area contributed by atoms with Gasteiger partial charge in [0.2, 0.25) is 0 Å². The molecule has 138 valence electrons. The van der Waals surface area contributed by atoms with Crippen molar-refractivity contribution in [2.24, 2.45) is 17.0 Å². The molecule has 5 heteroatoms. The van der Waals surface area contributed by atoms with E-state index in [0.717, 1.165) is 34.7 Å². The molecule has 0 aromatic heterocycles. The largest absolute Gasteiger partial charge is 0.411 e. The van der Waals surface area contributed by atoms with Gasteiger partial charge in [-0.1, -0.05) is 72.9 Å². The molecule has 2 N–H and O–H groups in total. The van der Waals surface area contributed by atoms with Gasteiger partial charge in [0, 0.05) is 34.0 Å². The van der Waals surface area contributed by atoms with Gasteiger partial charge in [0.1, 0.15) is 0 Å². The second-order valence-electron chi connectivity index (χ2n) is 6.93. The molecule has 0 spiro atoms. The maximum Gasteiger partial charge on any atom is 0.0667 e. The summed E-state index contributed by atoms with van der Waals surface area (Å²) in [6.45, 7) is 4.27. The average Bonchev–Trinajstić information content (AvgIpc) is 2.64. The lowest BCUT2D eigenvalue weighted by Crippen LogP contribution is -2.47. The second-order valence-corrected chi connectivity index (χ2v) is 7.81. The number of benzene rings is 2. The third kappa shape index (κ3) is 3.90. The van der Waals surface area contributed by atoms with Crippen LogP contribution in [0.2, 0.25) is 10.0 Å². The van der Waals surface area contributed by atoms with E-state index in [1.807, 2.05) is 48.5 Å². The van der Waals surface area contributed by atoms with Crippen molar-refractivity contribution in [3.05, 3.63) is 69.7 Å². The molecular formula is C21H24Cl2N2O. The molecule has 3 rings (SSSR count). The zero-order valence-corrected chi connectivity index (χ0v) is 16.5. The topological polar surface area (TPSA) is 44.6 Å². The van der Waals surface area contributed by atoms with Gasteiger partial charge in [-0.2, -0.15) is 0 Å². The van der Waals surface area contributed by atoms with Crippen molar-refractivity contribution in [2.75, 3.05) is 0 Å². The van der Waals surface area contributed by atoms with E-state index in [9.17, 15) is 5.21 Å². The van der Waals surface area contributed by atoms with Gasteiger partial charge in [0.05, 0.1) is 5.71 Å². The van der Waals surface area contributed by atoms with E-state index in [-0.39, 0.29) is 23.9 Å². The second kappa shape index (κ2) is 8.43. The van der Waals surface area contributed by atoms with Crippen LogP contribution >= 0.6 is 23.2 Å². The Bertz CT molecular complexity index is 759. The van der Waals surface area contributed by atoms with Crippen LogP contribution in [0.1, 0.15) is 49.9 Å². The highest BCUT2D eigenvalue weighted by atomic mass is 35.5. The van der Waals surface area contributed by atoms with Crippen LogP contribution in [-0.2, 0) is 0 Å². The molecule has 1 aliphatic rings. The highest BCUT2D eigenvalue weighted by Crippen LogP contribution is 2.41. The Kier molecular flexibility index (Phi) is 6.23. The summed E-state index contributed by atoms with van der Waals surface area (Å²) in [5.74, 6) is 0.228. The Morgan fingerprint density at radius 2 is 1.42 bits per heavy atom. The summed E-state index contributed by atoms with van der Waals surface area (Å²) in [5, 5.41) is 18.8. The first-order valence-electron chi connectivity index (χ1n) is 9.04. The van der Waals surface area contributed by atoms with Gasteiger partial charge in [-0.25, -0.2) is 0 Å². The zero-order chi connectivity index (χ0) is 18.7. The molecule has 2 aromatic carbocycles. The fourth-order valence-electron chi connectivity index (χ4n) is 3.98. The molecule has 26 heavy (non-hydrogen) atoms. The van der Waals surface area contributed by atoms with Crippen molar-refractivity contribution < 1.29 is 5.21 Å². The lowest BCUT2D eigenvalue weighted by Gasteiger charge is -2.42. The van der Waals surface area contributed by atoms with Crippen molar-refractivity contribution in [3.8, 4) is 0 Å². The smallest absolute Gasteiger partial charge is 0.0667 e. The SMILES string of the molecule is CCC[C@@H]1/C(=N/O)[C@H](C)[C@H](c2ccc(Cl)cc2)N[C@@H]1c1ccc(Cl)cc1. The Labute approximate surface area is 165 Å². The Morgan fingerprint density at radius 3 is 1.88 bits per heavy atom. The van der Waals surface area contributed by atoms with Crippen LogP contribution in [0.3, 0.4) is 0 Å². The van der Waals surface area contributed by atoms with E-state index >= 15 is 0 Å². The van der Waals surface area contributed by atoms with Crippen LogP contribution in [0.15, 0.2) is 53.7 Å². The van der Waals surface area contributed by atoms with Gasteiger partial charge < -0.3 is 10.5 Å². The van der Waals surface area contributed by atoms with Gasteiger partial charge in [-0.05, 0) is 41.8 Å². The summed E-state index contributed by atoms with van der Waals surface area (Å²) < 4.78 is 0. The summed E-state index contributed by atoms with van der Waals surface area (Å²) in [4.78, 5) is 0. The standard InChI is InChI=1S/C21H24Cl2N2O/c1-3-4-18-20(25-26)13(2)19(14-5-9-16(22)10-6-14)24-21(18)15-7-11-17(23)12-8-15/h5-13,18-19,21,24,26H,3-4H2,1-2H3/b25-20+/t13-,18-,19-,21-/m1/s1. The number of halogens is 2. The molecular weight excluding hydrogens is 367 g/mol. The molecule has 1 fully saturated rings. The first-order valence-corrected chi connectivity index (χ1v) is 9.79. The summed E-state index contributed by atoms with van der Waals surface area (Å²) in [7, 11) is 0. The molecule has 2 aromatic rings. The van der Waals surface area contributed by atoms with E-state index in [2.05, 4.69) is 24.3 Å². The van der Waals surface area contributed by atoms with Crippen molar-refractivity contribution in [3.63, 3.8) is 0 Å². The van der Waals surface area contributed by atoms with E-state index < -0.39 is 0 Å². The van der Waals surface area contributed by atoms with Crippen LogP contribution in [0.25, 0.3) is 0 Å². The molecule has 0 radical (unpaired) electrons. The van der Waals surface area contributed by atoms with Crippen molar-refractivity contribution in [2.45, 2.75) is 38.8 Å². The van der Waals surface area contributed by atoms with Crippen LogP contribution < -0.4 is 5.32 Å². The number of hydrogen-bond donors (Lipinski definition) is 2. The Balaban J connectivity index is 2.01. The molecule has 0 aliphatic carbocycles. The lowest BCUT2D eigenvalue weighted by molar-refractivity contribution is 0.258. The fraction of sp³-hybridized carbons (Fsp3) is 0.381. The minimum Gasteiger partial charge on any atom is -0.411 e. The van der Waals surface area contributed by atoms with E-state index in [0.29, 0.717) is 5.02 Å². The first-order chi connectivity index (χ1) is 12.5. The predicted molar refractivity (Wildman–Crippen MR) is 108 cm³/mol. The van der Waals surface area contributed by atoms with Gasteiger partial charge in [0.15, 0.2) is 0 Å². The third-order valence-corrected chi connectivity index (χ3v) is 5.79. The van der Waals surface area contributed by atoms with Gasteiger partial charge in [0.25, 0.3) is 0 Å². The molecule has 0 unspecified atom stereocenters.